The van der Waals surface area contributed by atoms with E-state index >= 15 is 0 Å². The van der Waals surface area contributed by atoms with Crippen molar-refractivity contribution in [3.8, 4) is 0 Å². The van der Waals surface area contributed by atoms with Crippen LogP contribution in [0.3, 0.4) is 0 Å². The highest BCUT2D eigenvalue weighted by Gasteiger charge is 2.31. The number of hydrazine groups is 1. The van der Waals surface area contributed by atoms with Crippen molar-refractivity contribution in [2.75, 3.05) is 13.1 Å². The van der Waals surface area contributed by atoms with Crippen LogP contribution in [0.4, 0.5) is 0 Å². The van der Waals surface area contributed by atoms with Crippen LogP contribution in [0.2, 0.25) is 0 Å². The highest BCUT2D eigenvalue weighted by molar-refractivity contribution is 6.34. The molecular formula is C9H17N3O2. The summed E-state index contributed by atoms with van der Waals surface area (Å²) in [5.74, 6) is 3.64. The number of rotatable bonds is 0. The van der Waals surface area contributed by atoms with Gasteiger partial charge in [-0.1, -0.05) is 13.8 Å². The maximum atomic E-state index is 11.5. The summed E-state index contributed by atoms with van der Waals surface area (Å²) in [6, 6.07) is 0. The van der Waals surface area contributed by atoms with Crippen molar-refractivity contribution in [1.29, 1.82) is 0 Å². The predicted molar refractivity (Wildman–Crippen MR) is 51.9 cm³/mol. The quantitative estimate of drug-likeness (QED) is 0.242. The first-order valence-corrected chi connectivity index (χ1v) is 4.76. The van der Waals surface area contributed by atoms with E-state index in [2.05, 4.69) is 13.8 Å². The minimum atomic E-state index is -0.734. The fourth-order valence-electron chi connectivity index (χ4n) is 1.80. The SMILES string of the molecule is CC1(C)CCCN(C(=O)C(=O)NN)C1. The topological polar surface area (TPSA) is 75.4 Å². The minimum Gasteiger partial charge on any atom is -0.334 e. The van der Waals surface area contributed by atoms with Gasteiger partial charge in [0.15, 0.2) is 0 Å². The lowest BCUT2D eigenvalue weighted by atomic mass is 9.84. The fraction of sp³-hybridized carbons (Fsp3) is 0.778. The van der Waals surface area contributed by atoms with Crippen LogP contribution in [0.5, 0.6) is 0 Å². The summed E-state index contributed by atoms with van der Waals surface area (Å²) in [6.45, 7) is 5.45. The number of piperidine rings is 1. The average molecular weight is 199 g/mol. The van der Waals surface area contributed by atoms with Crippen molar-refractivity contribution in [2.24, 2.45) is 11.3 Å². The van der Waals surface area contributed by atoms with Crippen LogP contribution in [0.1, 0.15) is 26.7 Å². The monoisotopic (exact) mass is 199 g/mol. The van der Waals surface area contributed by atoms with E-state index in [0.29, 0.717) is 13.1 Å². The molecule has 1 aliphatic rings. The second kappa shape index (κ2) is 3.96. The van der Waals surface area contributed by atoms with Crippen LogP contribution in [0.25, 0.3) is 0 Å². The van der Waals surface area contributed by atoms with E-state index in [4.69, 9.17) is 5.84 Å². The number of hydrogen-bond donors (Lipinski definition) is 2. The Bertz CT molecular complexity index is 250. The molecule has 0 unspecified atom stereocenters. The Morgan fingerprint density at radius 3 is 2.57 bits per heavy atom. The summed E-state index contributed by atoms with van der Waals surface area (Å²) in [6.07, 6.45) is 2.03. The van der Waals surface area contributed by atoms with Crippen LogP contribution < -0.4 is 11.3 Å². The standard InChI is InChI=1S/C9H17N3O2/c1-9(2)4-3-5-12(6-9)8(14)7(13)11-10/h3-6,10H2,1-2H3,(H,11,13). The summed E-state index contributed by atoms with van der Waals surface area (Å²) >= 11 is 0. The molecule has 2 amide bonds. The molecule has 1 saturated heterocycles. The van der Waals surface area contributed by atoms with Crippen molar-refractivity contribution < 1.29 is 9.59 Å². The summed E-state index contributed by atoms with van der Waals surface area (Å²) in [7, 11) is 0. The van der Waals surface area contributed by atoms with Gasteiger partial charge >= 0.3 is 11.8 Å². The molecule has 1 aliphatic heterocycles. The zero-order chi connectivity index (χ0) is 10.8. The third-order valence-corrected chi connectivity index (χ3v) is 2.51. The van der Waals surface area contributed by atoms with Gasteiger partial charge in [-0.25, -0.2) is 5.84 Å². The molecule has 5 nitrogen and oxygen atoms in total. The molecule has 1 rings (SSSR count). The van der Waals surface area contributed by atoms with E-state index in [1.807, 2.05) is 5.43 Å². The van der Waals surface area contributed by atoms with Gasteiger partial charge in [-0.2, -0.15) is 0 Å². The molecule has 0 saturated carbocycles. The van der Waals surface area contributed by atoms with Gasteiger partial charge in [0, 0.05) is 13.1 Å². The lowest BCUT2D eigenvalue weighted by Crippen LogP contribution is -2.50. The summed E-state index contributed by atoms with van der Waals surface area (Å²) in [5.41, 5.74) is 1.96. The lowest BCUT2D eigenvalue weighted by molar-refractivity contribution is -0.147. The van der Waals surface area contributed by atoms with Gasteiger partial charge in [0.05, 0.1) is 0 Å². The number of hydrogen-bond acceptors (Lipinski definition) is 3. The first kappa shape index (κ1) is 11.0. The second-order valence-electron chi connectivity index (χ2n) is 4.47. The van der Waals surface area contributed by atoms with Gasteiger partial charge in [-0.15, -0.1) is 0 Å². The Hall–Kier alpha value is -1.10. The van der Waals surface area contributed by atoms with E-state index in [9.17, 15) is 9.59 Å². The van der Waals surface area contributed by atoms with Gasteiger partial charge < -0.3 is 4.90 Å². The third-order valence-electron chi connectivity index (χ3n) is 2.51. The molecule has 0 aromatic rings. The second-order valence-corrected chi connectivity index (χ2v) is 4.47. The smallest absolute Gasteiger partial charge is 0.323 e. The third kappa shape index (κ3) is 2.45. The normalized spacial score (nSPS) is 20.4. The van der Waals surface area contributed by atoms with Crippen LogP contribution in [-0.2, 0) is 9.59 Å². The molecule has 0 radical (unpaired) electrons. The van der Waals surface area contributed by atoms with Crippen molar-refractivity contribution >= 4 is 11.8 Å². The first-order chi connectivity index (χ1) is 6.46. The summed E-state index contributed by atoms with van der Waals surface area (Å²) < 4.78 is 0. The Labute approximate surface area is 83.6 Å². The highest BCUT2D eigenvalue weighted by atomic mass is 16.2. The van der Waals surface area contributed by atoms with Gasteiger partial charge in [0.1, 0.15) is 0 Å². The Morgan fingerprint density at radius 1 is 1.43 bits per heavy atom. The molecule has 5 heteroatoms. The summed E-state index contributed by atoms with van der Waals surface area (Å²) in [5, 5.41) is 0. The Morgan fingerprint density at radius 2 is 2.07 bits per heavy atom. The average Bonchev–Trinajstić information content (AvgIpc) is 2.14. The van der Waals surface area contributed by atoms with E-state index in [-0.39, 0.29) is 5.41 Å². The van der Waals surface area contributed by atoms with Gasteiger partial charge in [-0.05, 0) is 18.3 Å². The molecular weight excluding hydrogens is 182 g/mol. The van der Waals surface area contributed by atoms with Gasteiger partial charge in [0.25, 0.3) is 0 Å². The molecule has 0 aliphatic carbocycles. The Balaban J connectivity index is 2.61. The van der Waals surface area contributed by atoms with Crippen LogP contribution >= 0.6 is 0 Å². The number of nitrogens with two attached hydrogens (primary N) is 1. The number of amides is 2. The van der Waals surface area contributed by atoms with E-state index < -0.39 is 11.8 Å². The van der Waals surface area contributed by atoms with Crippen molar-refractivity contribution in [2.45, 2.75) is 26.7 Å². The molecule has 0 aromatic carbocycles. The molecule has 0 spiro atoms. The number of likely N-dealkylation sites (tertiary alicyclic amines) is 1. The van der Waals surface area contributed by atoms with Crippen LogP contribution in [-0.4, -0.2) is 29.8 Å². The lowest BCUT2D eigenvalue weighted by Gasteiger charge is -2.37. The molecule has 3 N–H and O–H groups in total. The maximum Gasteiger partial charge on any atom is 0.323 e. The van der Waals surface area contributed by atoms with Crippen molar-refractivity contribution in [3.05, 3.63) is 0 Å². The predicted octanol–water partition coefficient (Wildman–Crippen LogP) is -0.375. The molecule has 0 atom stereocenters. The summed E-state index contributed by atoms with van der Waals surface area (Å²) in [4.78, 5) is 24.0. The van der Waals surface area contributed by atoms with Crippen LogP contribution in [0.15, 0.2) is 0 Å². The number of nitrogens with zero attached hydrogens (tertiary/aromatic N) is 1. The largest absolute Gasteiger partial charge is 0.334 e. The zero-order valence-electron chi connectivity index (χ0n) is 8.67. The zero-order valence-corrected chi connectivity index (χ0v) is 8.67. The molecule has 1 fully saturated rings. The van der Waals surface area contributed by atoms with Crippen LogP contribution in [0, 0.1) is 5.41 Å². The molecule has 80 valence electrons. The molecule has 0 bridgehead atoms. The maximum absolute atomic E-state index is 11.5. The minimum absolute atomic E-state index is 0.1000. The fourth-order valence-corrected chi connectivity index (χ4v) is 1.80. The van der Waals surface area contributed by atoms with E-state index in [0.717, 1.165) is 12.8 Å². The number of carbonyl (C=O) groups excluding carboxylic acids is 2. The van der Waals surface area contributed by atoms with E-state index in [1.165, 1.54) is 0 Å². The molecule has 14 heavy (non-hydrogen) atoms. The van der Waals surface area contributed by atoms with E-state index in [1.54, 1.807) is 4.90 Å². The van der Waals surface area contributed by atoms with Gasteiger partial charge in [0.2, 0.25) is 0 Å². The molecule has 1 heterocycles. The van der Waals surface area contributed by atoms with Gasteiger partial charge in [-0.3, -0.25) is 15.0 Å². The van der Waals surface area contributed by atoms with Crippen molar-refractivity contribution in [3.63, 3.8) is 0 Å². The number of nitrogens with one attached hydrogen (secondary N) is 1. The Kier molecular flexibility index (Phi) is 3.10. The van der Waals surface area contributed by atoms with Crippen molar-refractivity contribution in [1.82, 2.24) is 10.3 Å². The number of carbonyl (C=O) groups is 2. The highest BCUT2D eigenvalue weighted by Crippen LogP contribution is 2.28. The molecule has 0 aromatic heterocycles. The first-order valence-electron chi connectivity index (χ1n) is 4.76.